The van der Waals surface area contributed by atoms with Crippen LogP contribution in [0.2, 0.25) is 0 Å². The summed E-state index contributed by atoms with van der Waals surface area (Å²) in [5.41, 5.74) is 0.693. The lowest BCUT2D eigenvalue weighted by molar-refractivity contribution is 0.177. The zero-order valence-electron chi connectivity index (χ0n) is 11.1. The second kappa shape index (κ2) is 7.75. The highest BCUT2D eigenvalue weighted by atomic mass is 35.5. The molecule has 0 spiro atoms. The Morgan fingerprint density at radius 1 is 1.15 bits per heavy atom. The van der Waals surface area contributed by atoms with E-state index in [1.165, 1.54) is 6.07 Å². The number of nitrogens with one attached hydrogen (secondary N) is 1. The largest absolute Gasteiger partial charge is 0.504 e. The molecule has 0 fully saturated rings. The van der Waals surface area contributed by atoms with Gasteiger partial charge in [-0.1, -0.05) is 24.3 Å². The number of aliphatic hydroxyl groups is 1. The van der Waals surface area contributed by atoms with E-state index in [1.54, 1.807) is 31.3 Å². The number of aromatic hydroxyl groups is 1. The average molecular weight is 296 g/mol. The standard InChI is InChI=1S/C15H17NO3.ClH/c1-16-10-14(18)11-7-8-13(17)15(9-11)19-12-5-3-2-4-6-12;/h2-9,14,16-18H,10H2,1H3;1H. The van der Waals surface area contributed by atoms with E-state index >= 15 is 0 Å². The summed E-state index contributed by atoms with van der Waals surface area (Å²) in [4.78, 5) is 0. The molecular weight excluding hydrogens is 278 g/mol. The molecule has 2 aromatic rings. The predicted molar refractivity (Wildman–Crippen MR) is 80.8 cm³/mol. The Hall–Kier alpha value is -1.75. The SMILES string of the molecule is CNCC(O)c1ccc(O)c(Oc2ccccc2)c1.Cl. The van der Waals surface area contributed by atoms with Gasteiger partial charge < -0.3 is 20.3 Å². The van der Waals surface area contributed by atoms with Gasteiger partial charge in [-0.25, -0.2) is 0 Å². The smallest absolute Gasteiger partial charge is 0.169 e. The fraction of sp³-hybridized carbons (Fsp3) is 0.200. The number of likely N-dealkylation sites (N-methyl/N-ethyl adjacent to an activating group) is 1. The Morgan fingerprint density at radius 2 is 1.85 bits per heavy atom. The molecule has 108 valence electrons. The Bertz CT molecular complexity index is 534. The molecule has 0 bridgehead atoms. The topological polar surface area (TPSA) is 61.7 Å². The Balaban J connectivity index is 0.00000200. The van der Waals surface area contributed by atoms with Crippen LogP contribution >= 0.6 is 12.4 Å². The maximum Gasteiger partial charge on any atom is 0.169 e. The lowest BCUT2D eigenvalue weighted by Gasteiger charge is -2.13. The summed E-state index contributed by atoms with van der Waals surface area (Å²) in [6, 6.07) is 14.0. The minimum atomic E-state index is -0.635. The van der Waals surface area contributed by atoms with Gasteiger partial charge in [-0.05, 0) is 36.9 Å². The molecule has 0 heterocycles. The number of hydrogen-bond acceptors (Lipinski definition) is 4. The minimum Gasteiger partial charge on any atom is -0.504 e. The molecule has 3 N–H and O–H groups in total. The van der Waals surface area contributed by atoms with Gasteiger partial charge in [0.2, 0.25) is 0 Å². The monoisotopic (exact) mass is 295 g/mol. The lowest BCUT2D eigenvalue weighted by atomic mass is 10.1. The van der Waals surface area contributed by atoms with Gasteiger partial charge in [0.15, 0.2) is 11.5 Å². The molecule has 1 unspecified atom stereocenters. The van der Waals surface area contributed by atoms with E-state index in [4.69, 9.17) is 4.74 Å². The molecule has 2 rings (SSSR count). The van der Waals surface area contributed by atoms with Gasteiger partial charge in [-0.15, -0.1) is 12.4 Å². The third-order valence-corrected chi connectivity index (χ3v) is 2.74. The summed E-state index contributed by atoms with van der Waals surface area (Å²) in [7, 11) is 1.77. The van der Waals surface area contributed by atoms with Gasteiger partial charge >= 0.3 is 0 Å². The Morgan fingerprint density at radius 3 is 2.50 bits per heavy atom. The zero-order valence-corrected chi connectivity index (χ0v) is 11.9. The van der Waals surface area contributed by atoms with Crippen LogP contribution in [0.4, 0.5) is 0 Å². The van der Waals surface area contributed by atoms with Crippen molar-refractivity contribution in [1.29, 1.82) is 0 Å². The molecule has 5 heteroatoms. The molecule has 0 aliphatic rings. The fourth-order valence-corrected chi connectivity index (χ4v) is 1.75. The number of para-hydroxylation sites is 1. The molecule has 0 radical (unpaired) electrons. The van der Waals surface area contributed by atoms with Crippen molar-refractivity contribution in [3.05, 3.63) is 54.1 Å². The first-order valence-electron chi connectivity index (χ1n) is 6.09. The number of aliphatic hydroxyl groups excluding tert-OH is 1. The second-order valence-corrected chi connectivity index (χ2v) is 4.22. The first-order chi connectivity index (χ1) is 9.20. The van der Waals surface area contributed by atoms with Crippen LogP contribution in [0.5, 0.6) is 17.2 Å². The number of benzene rings is 2. The van der Waals surface area contributed by atoms with Gasteiger partial charge in [0.1, 0.15) is 5.75 Å². The molecule has 20 heavy (non-hydrogen) atoms. The van der Waals surface area contributed by atoms with Crippen molar-refractivity contribution < 1.29 is 14.9 Å². The summed E-state index contributed by atoms with van der Waals surface area (Å²) >= 11 is 0. The molecule has 0 aromatic heterocycles. The van der Waals surface area contributed by atoms with E-state index in [9.17, 15) is 10.2 Å². The van der Waals surface area contributed by atoms with Gasteiger partial charge in [-0.2, -0.15) is 0 Å². The van der Waals surface area contributed by atoms with Crippen molar-refractivity contribution in [3.63, 3.8) is 0 Å². The van der Waals surface area contributed by atoms with Crippen LogP contribution in [0.15, 0.2) is 48.5 Å². The van der Waals surface area contributed by atoms with Crippen molar-refractivity contribution in [2.45, 2.75) is 6.10 Å². The van der Waals surface area contributed by atoms with Gasteiger partial charge in [0.05, 0.1) is 6.10 Å². The molecule has 0 saturated carbocycles. The van der Waals surface area contributed by atoms with Crippen molar-refractivity contribution >= 4 is 12.4 Å². The number of hydrogen-bond donors (Lipinski definition) is 3. The van der Waals surface area contributed by atoms with Crippen LogP contribution in [0.1, 0.15) is 11.7 Å². The minimum absolute atomic E-state index is 0. The van der Waals surface area contributed by atoms with Crippen LogP contribution in [0, 0.1) is 0 Å². The number of phenolic OH excluding ortho intramolecular Hbond substituents is 1. The molecule has 0 aliphatic carbocycles. The molecule has 1 atom stereocenters. The lowest BCUT2D eigenvalue weighted by Crippen LogP contribution is -2.16. The second-order valence-electron chi connectivity index (χ2n) is 4.22. The summed E-state index contributed by atoms with van der Waals surface area (Å²) in [5.74, 6) is 1.01. The highest BCUT2D eigenvalue weighted by Gasteiger charge is 2.11. The first kappa shape index (κ1) is 16.3. The number of halogens is 1. The van der Waals surface area contributed by atoms with Crippen molar-refractivity contribution in [3.8, 4) is 17.2 Å². The Kier molecular flexibility index (Phi) is 6.31. The molecule has 4 nitrogen and oxygen atoms in total. The summed E-state index contributed by atoms with van der Waals surface area (Å²) in [6.45, 7) is 0.440. The van der Waals surface area contributed by atoms with Crippen molar-refractivity contribution in [2.75, 3.05) is 13.6 Å². The van der Waals surface area contributed by atoms with E-state index in [-0.39, 0.29) is 18.2 Å². The van der Waals surface area contributed by atoms with Crippen LogP contribution in [-0.4, -0.2) is 23.8 Å². The highest BCUT2D eigenvalue weighted by Crippen LogP contribution is 2.32. The maximum absolute atomic E-state index is 9.90. The zero-order chi connectivity index (χ0) is 13.7. The van der Waals surface area contributed by atoms with Crippen molar-refractivity contribution in [1.82, 2.24) is 5.32 Å². The summed E-state index contributed by atoms with van der Waals surface area (Å²) in [5, 5.41) is 22.6. The van der Waals surface area contributed by atoms with E-state index < -0.39 is 6.10 Å². The van der Waals surface area contributed by atoms with Crippen LogP contribution in [0.3, 0.4) is 0 Å². The molecular formula is C15H18ClNO3. The third kappa shape index (κ3) is 4.13. The van der Waals surface area contributed by atoms with E-state index in [2.05, 4.69) is 5.32 Å². The molecule has 0 saturated heterocycles. The van der Waals surface area contributed by atoms with Gasteiger partial charge in [-0.3, -0.25) is 0 Å². The van der Waals surface area contributed by atoms with Crippen molar-refractivity contribution in [2.24, 2.45) is 0 Å². The fourth-order valence-electron chi connectivity index (χ4n) is 1.75. The summed E-state index contributed by atoms with van der Waals surface area (Å²) in [6.07, 6.45) is -0.635. The predicted octanol–water partition coefficient (Wildman–Crippen LogP) is 2.86. The maximum atomic E-state index is 9.90. The average Bonchev–Trinajstić information content (AvgIpc) is 2.42. The Labute approximate surface area is 124 Å². The molecule has 0 amide bonds. The quantitative estimate of drug-likeness (QED) is 0.794. The van der Waals surface area contributed by atoms with E-state index in [0.29, 0.717) is 23.6 Å². The van der Waals surface area contributed by atoms with Gasteiger partial charge in [0.25, 0.3) is 0 Å². The number of rotatable bonds is 5. The number of phenols is 1. The van der Waals surface area contributed by atoms with Crippen LogP contribution in [-0.2, 0) is 0 Å². The number of ether oxygens (including phenoxy) is 1. The molecule has 0 aliphatic heterocycles. The van der Waals surface area contributed by atoms with Gasteiger partial charge in [0, 0.05) is 6.54 Å². The normalized spacial score (nSPS) is 11.5. The third-order valence-electron chi connectivity index (χ3n) is 2.74. The summed E-state index contributed by atoms with van der Waals surface area (Å²) < 4.78 is 5.60. The van der Waals surface area contributed by atoms with E-state index in [1.807, 2.05) is 18.2 Å². The first-order valence-corrected chi connectivity index (χ1v) is 6.09. The molecule has 2 aromatic carbocycles. The van der Waals surface area contributed by atoms with Crippen LogP contribution < -0.4 is 10.1 Å². The van der Waals surface area contributed by atoms with E-state index in [0.717, 1.165) is 0 Å². The van der Waals surface area contributed by atoms with Crippen LogP contribution in [0.25, 0.3) is 0 Å². The highest BCUT2D eigenvalue weighted by molar-refractivity contribution is 5.85.